The molecule has 2 amide bonds. The summed E-state index contributed by atoms with van der Waals surface area (Å²) in [6.07, 6.45) is 6.88. The van der Waals surface area contributed by atoms with E-state index in [4.69, 9.17) is 4.74 Å². The van der Waals surface area contributed by atoms with Crippen molar-refractivity contribution in [2.75, 3.05) is 11.9 Å². The van der Waals surface area contributed by atoms with Gasteiger partial charge in [-0.25, -0.2) is 4.79 Å². The van der Waals surface area contributed by atoms with Gasteiger partial charge in [-0.2, -0.15) is 0 Å². The summed E-state index contributed by atoms with van der Waals surface area (Å²) in [5, 5.41) is 6.24. The van der Waals surface area contributed by atoms with Crippen molar-refractivity contribution in [2.24, 2.45) is 5.41 Å². The van der Waals surface area contributed by atoms with Crippen LogP contribution in [0.5, 0.6) is 5.75 Å². The van der Waals surface area contributed by atoms with Gasteiger partial charge in [-0.3, -0.25) is 4.98 Å². The fraction of sp³-hybridized carbons (Fsp3) is 0.379. The number of nitrogens with zero attached hydrogens (tertiary/aromatic N) is 1. The summed E-state index contributed by atoms with van der Waals surface area (Å²) in [5.74, 6) is 0.809. The summed E-state index contributed by atoms with van der Waals surface area (Å²) < 4.78 is 6.00. The lowest BCUT2D eigenvalue weighted by Crippen LogP contribution is -2.39. The quantitative estimate of drug-likeness (QED) is 0.325. The number of amides is 2. The van der Waals surface area contributed by atoms with Crippen LogP contribution in [0.1, 0.15) is 64.1 Å². The fourth-order valence-electron chi connectivity index (χ4n) is 4.00. The van der Waals surface area contributed by atoms with Gasteiger partial charge in [-0.05, 0) is 59.7 Å². The second-order valence-corrected chi connectivity index (χ2v) is 9.76. The first-order valence-corrected chi connectivity index (χ1v) is 12.1. The van der Waals surface area contributed by atoms with Gasteiger partial charge in [0, 0.05) is 18.0 Å². The largest absolute Gasteiger partial charge is 0.494 e. The van der Waals surface area contributed by atoms with Gasteiger partial charge in [0.15, 0.2) is 0 Å². The SMILES string of the molecule is CCCCCOc1ccc(NC(=O)NC(c2cccnc2)C(C)(C)C)c(-c2ccccc2C)c1. The zero-order chi connectivity index (χ0) is 24.6. The molecule has 1 unspecified atom stereocenters. The third-order valence-corrected chi connectivity index (χ3v) is 5.85. The molecule has 180 valence electrons. The molecule has 5 heteroatoms. The van der Waals surface area contributed by atoms with E-state index in [0.29, 0.717) is 6.61 Å². The first-order chi connectivity index (χ1) is 16.3. The molecule has 1 aromatic heterocycles. The van der Waals surface area contributed by atoms with E-state index in [1.165, 1.54) is 0 Å². The number of pyridine rings is 1. The zero-order valence-corrected chi connectivity index (χ0v) is 21.0. The van der Waals surface area contributed by atoms with Crippen LogP contribution in [0.15, 0.2) is 67.0 Å². The van der Waals surface area contributed by atoms with Crippen LogP contribution in [0, 0.1) is 12.3 Å². The Morgan fingerprint density at radius 3 is 2.50 bits per heavy atom. The molecular formula is C29H37N3O2. The summed E-state index contributed by atoms with van der Waals surface area (Å²) in [6.45, 7) is 11.3. The van der Waals surface area contributed by atoms with Crippen molar-refractivity contribution < 1.29 is 9.53 Å². The second kappa shape index (κ2) is 11.7. The summed E-state index contributed by atoms with van der Waals surface area (Å²) in [6, 6.07) is 17.5. The van der Waals surface area contributed by atoms with Gasteiger partial charge in [0.2, 0.25) is 0 Å². The van der Waals surface area contributed by atoms with E-state index in [1.807, 2.05) is 42.5 Å². The van der Waals surface area contributed by atoms with Crippen LogP contribution >= 0.6 is 0 Å². The predicted octanol–water partition coefficient (Wildman–Crippen LogP) is 7.53. The standard InChI is InChI=1S/C29H37N3O2/c1-6-7-10-18-34-23-15-16-26(25(19-23)24-14-9-8-12-21(24)2)31-28(33)32-27(29(3,4)5)22-13-11-17-30-20-22/h8-9,11-17,19-20,27H,6-7,10,18H2,1-5H3,(H2,31,32,33). The number of ether oxygens (including phenoxy) is 1. The molecule has 1 heterocycles. The van der Waals surface area contributed by atoms with Crippen LogP contribution < -0.4 is 15.4 Å². The minimum atomic E-state index is -0.254. The van der Waals surface area contributed by atoms with Crippen molar-refractivity contribution in [1.82, 2.24) is 10.3 Å². The van der Waals surface area contributed by atoms with Crippen molar-refractivity contribution in [2.45, 2.75) is 59.9 Å². The minimum Gasteiger partial charge on any atom is -0.494 e. The number of nitrogens with one attached hydrogen (secondary N) is 2. The van der Waals surface area contributed by atoms with Gasteiger partial charge in [0.05, 0.1) is 18.3 Å². The average molecular weight is 460 g/mol. The summed E-state index contributed by atoms with van der Waals surface area (Å²) in [4.78, 5) is 17.4. The molecule has 5 nitrogen and oxygen atoms in total. The first kappa shape index (κ1) is 25.3. The van der Waals surface area contributed by atoms with Crippen molar-refractivity contribution >= 4 is 11.7 Å². The number of anilines is 1. The van der Waals surface area contributed by atoms with Gasteiger partial charge in [-0.15, -0.1) is 0 Å². The molecule has 0 spiro atoms. The maximum atomic E-state index is 13.2. The number of aryl methyl sites for hydroxylation is 1. The summed E-state index contributed by atoms with van der Waals surface area (Å²) >= 11 is 0. The number of unbranched alkanes of at least 4 members (excludes halogenated alkanes) is 2. The molecule has 0 radical (unpaired) electrons. The Morgan fingerprint density at radius 2 is 1.82 bits per heavy atom. The third-order valence-electron chi connectivity index (χ3n) is 5.85. The van der Waals surface area contributed by atoms with E-state index < -0.39 is 0 Å². The van der Waals surface area contributed by atoms with Gasteiger partial charge >= 0.3 is 6.03 Å². The Hall–Kier alpha value is -3.34. The van der Waals surface area contributed by atoms with Crippen LogP contribution in [-0.4, -0.2) is 17.6 Å². The van der Waals surface area contributed by atoms with E-state index in [-0.39, 0.29) is 17.5 Å². The highest BCUT2D eigenvalue weighted by Crippen LogP contribution is 2.35. The highest BCUT2D eigenvalue weighted by molar-refractivity contribution is 5.95. The molecule has 0 saturated heterocycles. The highest BCUT2D eigenvalue weighted by Gasteiger charge is 2.28. The fourth-order valence-corrected chi connectivity index (χ4v) is 4.00. The first-order valence-electron chi connectivity index (χ1n) is 12.1. The Balaban J connectivity index is 1.86. The van der Waals surface area contributed by atoms with E-state index in [9.17, 15) is 4.79 Å². The number of benzene rings is 2. The molecule has 2 N–H and O–H groups in total. The van der Waals surface area contributed by atoms with Crippen LogP contribution in [0.4, 0.5) is 10.5 Å². The van der Waals surface area contributed by atoms with Crippen molar-refractivity contribution in [3.05, 3.63) is 78.1 Å². The lowest BCUT2D eigenvalue weighted by molar-refractivity contribution is 0.229. The van der Waals surface area contributed by atoms with Crippen LogP contribution in [0.2, 0.25) is 0 Å². The van der Waals surface area contributed by atoms with Gasteiger partial charge < -0.3 is 15.4 Å². The minimum absolute atomic E-state index is 0.185. The summed E-state index contributed by atoms with van der Waals surface area (Å²) in [7, 11) is 0. The molecular weight excluding hydrogens is 422 g/mol. The predicted molar refractivity (Wildman–Crippen MR) is 140 cm³/mol. The number of urea groups is 1. The Morgan fingerprint density at radius 1 is 1.03 bits per heavy atom. The normalized spacial score (nSPS) is 12.1. The van der Waals surface area contributed by atoms with Crippen molar-refractivity contribution in [3.8, 4) is 16.9 Å². The smallest absolute Gasteiger partial charge is 0.319 e. The van der Waals surface area contributed by atoms with Crippen LogP contribution in [-0.2, 0) is 0 Å². The Labute approximate surface area is 204 Å². The third kappa shape index (κ3) is 6.83. The van der Waals surface area contributed by atoms with E-state index >= 15 is 0 Å². The number of hydrogen-bond acceptors (Lipinski definition) is 3. The highest BCUT2D eigenvalue weighted by atomic mass is 16.5. The Kier molecular flexibility index (Phi) is 8.69. The summed E-state index contributed by atoms with van der Waals surface area (Å²) in [5.41, 5.74) is 4.67. The molecule has 0 saturated carbocycles. The lowest BCUT2D eigenvalue weighted by Gasteiger charge is -2.31. The van der Waals surface area contributed by atoms with Gasteiger partial charge in [0.1, 0.15) is 5.75 Å². The molecule has 0 aliphatic heterocycles. The molecule has 3 aromatic rings. The molecule has 0 fully saturated rings. The molecule has 0 aliphatic rings. The monoisotopic (exact) mass is 459 g/mol. The topological polar surface area (TPSA) is 63.2 Å². The van der Waals surface area contributed by atoms with E-state index in [1.54, 1.807) is 12.4 Å². The molecule has 3 rings (SSSR count). The van der Waals surface area contributed by atoms with Gasteiger partial charge in [-0.1, -0.05) is 70.9 Å². The van der Waals surface area contributed by atoms with Crippen LogP contribution in [0.25, 0.3) is 11.1 Å². The molecule has 2 aromatic carbocycles. The molecule has 0 bridgehead atoms. The molecule has 1 atom stereocenters. The van der Waals surface area contributed by atoms with Gasteiger partial charge in [0.25, 0.3) is 0 Å². The lowest BCUT2D eigenvalue weighted by atomic mass is 9.83. The number of carbonyl (C=O) groups excluding carboxylic acids is 1. The zero-order valence-electron chi connectivity index (χ0n) is 21.0. The number of hydrogen-bond donors (Lipinski definition) is 2. The molecule has 0 aliphatic carbocycles. The van der Waals surface area contributed by atoms with E-state index in [2.05, 4.69) is 62.4 Å². The number of rotatable bonds is 9. The second-order valence-electron chi connectivity index (χ2n) is 9.76. The molecule has 34 heavy (non-hydrogen) atoms. The van der Waals surface area contributed by atoms with Crippen molar-refractivity contribution in [3.63, 3.8) is 0 Å². The van der Waals surface area contributed by atoms with Crippen molar-refractivity contribution in [1.29, 1.82) is 0 Å². The number of carbonyl (C=O) groups is 1. The van der Waals surface area contributed by atoms with E-state index in [0.717, 1.165) is 53.0 Å². The maximum absolute atomic E-state index is 13.2. The maximum Gasteiger partial charge on any atom is 0.319 e. The number of aromatic nitrogens is 1. The average Bonchev–Trinajstić information content (AvgIpc) is 2.81. The van der Waals surface area contributed by atoms with Crippen LogP contribution in [0.3, 0.4) is 0 Å². The Bertz CT molecular complexity index is 1070.